The molecule has 1 aliphatic rings. The van der Waals surface area contributed by atoms with Gasteiger partial charge in [0, 0.05) is 50.2 Å². The van der Waals surface area contributed by atoms with E-state index >= 15 is 0 Å². The van der Waals surface area contributed by atoms with Crippen LogP contribution in [0.15, 0.2) is 65.7 Å². The van der Waals surface area contributed by atoms with Crippen LogP contribution in [0.1, 0.15) is 32.8 Å². The van der Waals surface area contributed by atoms with E-state index in [-0.39, 0.29) is 35.9 Å². The Balaban J connectivity index is 0.00000408. The molecule has 0 spiro atoms. The molecule has 2 aromatic carbocycles. The minimum Gasteiger partial charge on any atom is -0.380 e. The zero-order valence-corrected chi connectivity index (χ0v) is 23.0. The molecule has 0 radical (unpaired) electrons. The van der Waals surface area contributed by atoms with Crippen LogP contribution in [0.4, 0.5) is 5.69 Å². The molecule has 0 aliphatic carbocycles. The second-order valence-electron chi connectivity index (χ2n) is 9.11. The normalized spacial score (nSPS) is 16.8. The van der Waals surface area contributed by atoms with E-state index in [1.54, 1.807) is 0 Å². The average molecular weight is 578 g/mol. The lowest BCUT2D eigenvalue weighted by molar-refractivity contribution is -0.127. The second kappa shape index (κ2) is 14.9. The van der Waals surface area contributed by atoms with Gasteiger partial charge in [-0.05, 0) is 37.0 Å². The molecule has 7 heteroatoms. The highest BCUT2D eigenvalue weighted by Gasteiger charge is 2.29. The molecule has 1 aliphatic heterocycles. The van der Waals surface area contributed by atoms with Crippen LogP contribution in [0.3, 0.4) is 0 Å². The molecule has 1 fully saturated rings. The quantitative estimate of drug-likeness (QED) is 0.211. The molecule has 1 amide bonds. The maximum absolute atomic E-state index is 12.5. The van der Waals surface area contributed by atoms with Gasteiger partial charge in [-0.3, -0.25) is 9.79 Å². The topological polar surface area (TPSA) is 68.8 Å². The number of carbonyl (C=O) groups excluding carboxylic acids is 1. The van der Waals surface area contributed by atoms with Crippen molar-refractivity contribution in [2.24, 2.45) is 16.8 Å². The number of hydrogen-bond acceptors (Lipinski definition) is 3. The first-order valence-corrected chi connectivity index (χ1v) is 12.2. The Kier molecular flexibility index (Phi) is 12.2. The lowest BCUT2D eigenvalue weighted by atomic mass is 10.0. The first kappa shape index (κ1) is 28.0. The van der Waals surface area contributed by atoms with Gasteiger partial charge in [-0.15, -0.1) is 24.0 Å². The number of aliphatic imine (C=N–C) groups is 1. The van der Waals surface area contributed by atoms with E-state index < -0.39 is 0 Å². The number of carbonyl (C=O) groups is 1. The average Bonchev–Trinajstić information content (AvgIpc) is 3.19. The summed E-state index contributed by atoms with van der Waals surface area (Å²) in [7, 11) is 0. The van der Waals surface area contributed by atoms with Crippen molar-refractivity contribution >= 4 is 41.5 Å². The molecule has 0 bridgehead atoms. The number of benzene rings is 2. The number of rotatable bonds is 11. The summed E-state index contributed by atoms with van der Waals surface area (Å²) in [6.07, 6.45) is 1.51. The van der Waals surface area contributed by atoms with Gasteiger partial charge in [-0.2, -0.15) is 0 Å². The van der Waals surface area contributed by atoms with Gasteiger partial charge in [0.2, 0.25) is 5.91 Å². The summed E-state index contributed by atoms with van der Waals surface area (Å²) < 4.78 is 0. The van der Waals surface area contributed by atoms with Gasteiger partial charge in [0.25, 0.3) is 0 Å². The summed E-state index contributed by atoms with van der Waals surface area (Å²) in [5, 5.41) is 10.4. The Labute approximate surface area is 222 Å². The van der Waals surface area contributed by atoms with Crippen LogP contribution in [-0.4, -0.2) is 55.5 Å². The van der Waals surface area contributed by atoms with Gasteiger partial charge in [0.15, 0.2) is 5.96 Å². The summed E-state index contributed by atoms with van der Waals surface area (Å²) in [4.78, 5) is 19.3. The number of nitrogens with zero attached hydrogens (tertiary/aromatic N) is 2. The predicted molar refractivity (Wildman–Crippen MR) is 153 cm³/mol. The second-order valence-corrected chi connectivity index (χ2v) is 9.11. The molecule has 3 rings (SSSR count). The Bertz CT molecular complexity index is 875. The van der Waals surface area contributed by atoms with Crippen molar-refractivity contribution in [3.63, 3.8) is 0 Å². The molecular formula is C27H40IN5O. The summed E-state index contributed by atoms with van der Waals surface area (Å²) >= 11 is 0. The number of amides is 1. The van der Waals surface area contributed by atoms with Crippen molar-refractivity contribution in [3.8, 4) is 0 Å². The lowest BCUT2D eigenvalue weighted by Crippen LogP contribution is -2.41. The summed E-state index contributed by atoms with van der Waals surface area (Å²) in [5.74, 6) is 1.82. The third-order valence-corrected chi connectivity index (χ3v) is 6.09. The number of halogens is 1. The maximum Gasteiger partial charge on any atom is 0.223 e. The summed E-state index contributed by atoms with van der Waals surface area (Å²) in [5.41, 5.74) is 2.39. The van der Waals surface area contributed by atoms with Crippen LogP contribution in [-0.2, 0) is 11.2 Å². The molecule has 186 valence electrons. The first-order chi connectivity index (χ1) is 16.0. The molecule has 2 aromatic rings. The van der Waals surface area contributed by atoms with Crippen molar-refractivity contribution in [1.82, 2.24) is 15.5 Å². The smallest absolute Gasteiger partial charge is 0.223 e. The molecule has 2 atom stereocenters. The molecule has 3 N–H and O–H groups in total. The number of para-hydroxylation sites is 1. The van der Waals surface area contributed by atoms with Gasteiger partial charge >= 0.3 is 0 Å². The molecule has 1 saturated heterocycles. The number of nitrogens with one attached hydrogen (secondary N) is 3. The fourth-order valence-electron chi connectivity index (χ4n) is 4.06. The highest BCUT2D eigenvalue weighted by Crippen LogP contribution is 2.18. The molecule has 0 aromatic heterocycles. The van der Waals surface area contributed by atoms with E-state index in [9.17, 15) is 4.79 Å². The Morgan fingerprint density at radius 3 is 2.38 bits per heavy atom. The fourth-order valence-corrected chi connectivity index (χ4v) is 4.06. The van der Waals surface area contributed by atoms with Crippen LogP contribution in [0, 0.1) is 11.8 Å². The number of anilines is 1. The van der Waals surface area contributed by atoms with E-state index in [1.807, 2.05) is 29.2 Å². The van der Waals surface area contributed by atoms with E-state index in [4.69, 9.17) is 4.99 Å². The van der Waals surface area contributed by atoms with Crippen LogP contribution in [0.2, 0.25) is 0 Å². The predicted octanol–water partition coefficient (Wildman–Crippen LogP) is 4.39. The van der Waals surface area contributed by atoms with E-state index in [0.717, 1.165) is 44.2 Å². The first-order valence-electron chi connectivity index (χ1n) is 12.2. The highest BCUT2D eigenvalue weighted by molar-refractivity contribution is 14.0. The van der Waals surface area contributed by atoms with Gasteiger partial charge in [0.1, 0.15) is 0 Å². The Morgan fingerprint density at radius 2 is 1.74 bits per heavy atom. The fraction of sp³-hybridized carbons (Fsp3) is 0.481. The number of hydrogen-bond donors (Lipinski definition) is 3. The van der Waals surface area contributed by atoms with Crippen molar-refractivity contribution in [2.75, 3.05) is 38.0 Å². The van der Waals surface area contributed by atoms with E-state index in [2.05, 4.69) is 73.1 Å². The van der Waals surface area contributed by atoms with Crippen LogP contribution >= 0.6 is 24.0 Å². The minimum absolute atomic E-state index is 0. The Morgan fingerprint density at radius 1 is 1.06 bits per heavy atom. The van der Waals surface area contributed by atoms with Gasteiger partial charge in [0.05, 0.1) is 6.54 Å². The third kappa shape index (κ3) is 9.16. The van der Waals surface area contributed by atoms with Gasteiger partial charge in [-0.25, -0.2) is 0 Å². The van der Waals surface area contributed by atoms with Crippen molar-refractivity contribution in [2.45, 2.75) is 39.7 Å². The van der Waals surface area contributed by atoms with Gasteiger partial charge in [-0.1, -0.05) is 62.4 Å². The molecule has 6 nitrogen and oxygen atoms in total. The third-order valence-electron chi connectivity index (χ3n) is 6.09. The highest BCUT2D eigenvalue weighted by atomic mass is 127. The maximum atomic E-state index is 12.5. The standard InChI is InChI=1S/C27H39N5O.HI/c1-4-28-27(30-19-25(21(2)3)31-24-13-9-6-10-14-24)29-18-23-17-26(33)32(20-23)16-15-22-11-7-5-8-12-22;/h5-14,21,23,25,31H,4,15-20H2,1-3H3,(H2,28,29,30);1H. The van der Waals surface area contributed by atoms with E-state index in [1.165, 1.54) is 5.56 Å². The van der Waals surface area contributed by atoms with Crippen LogP contribution < -0.4 is 16.0 Å². The van der Waals surface area contributed by atoms with Crippen LogP contribution in [0.25, 0.3) is 0 Å². The lowest BCUT2D eigenvalue weighted by Gasteiger charge is -2.23. The zero-order chi connectivity index (χ0) is 23.5. The Hall–Kier alpha value is -2.29. The van der Waals surface area contributed by atoms with Crippen molar-refractivity contribution in [1.29, 1.82) is 0 Å². The molecular weight excluding hydrogens is 537 g/mol. The SMILES string of the molecule is CCNC(=NCC(Nc1ccccc1)C(C)C)NCC1CC(=O)N(CCc2ccccc2)C1.I. The number of likely N-dealkylation sites (tertiary alicyclic amines) is 1. The monoisotopic (exact) mass is 577 g/mol. The number of guanidine groups is 1. The molecule has 34 heavy (non-hydrogen) atoms. The van der Waals surface area contributed by atoms with Crippen LogP contribution in [0.5, 0.6) is 0 Å². The summed E-state index contributed by atoms with van der Waals surface area (Å²) in [6.45, 7) is 10.3. The largest absolute Gasteiger partial charge is 0.380 e. The van der Waals surface area contributed by atoms with E-state index in [0.29, 0.717) is 24.8 Å². The molecule has 2 unspecified atom stereocenters. The van der Waals surface area contributed by atoms with Crippen molar-refractivity contribution in [3.05, 3.63) is 66.2 Å². The zero-order valence-electron chi connectivity index (χ0n) is 20.7. The minimum atomic E-state index is 0. The summed E-state index contributed by atoms with van der Waals surface area (Å²) in [6, 6.07) is 20.9. The van der Waals surface area contributed by atoms with Crippen molar-refractivity contribution < 1.29 is 4.79 Å². The van der Waals surface area contributed by atoms with Gasteiger partial charge < -0.3 is 20.9 Å². The molecule has 0 saturated carbocycles. The molecule has 1 heterocycles.